The predicted octanol–water partition coefficient (Wildman–Crippen LogP) is 0.996. The number of sulfonamides is 1. The van der Waals surface area contributed by atoms with E-state index in [-0.39, 0.29) is 24.0 Å². The van der Waals surface area contributed by atoms with Gasteiger partial charge in [-0.1, -0.05) is 12.1 Å². The molecule has 1 aromatic carbocycles. The molecule has 0 aliphatic carbocycles. The van der Waals surface area contributed by atoms with Crippen molar-refractivity contribution in [2.24, 2.45) is 0 Å². The number of halogens is 1. The number of nitrogens with zero attached hydrogens (tertiary/aromatic N) is 1. The summed E-state index contributed by atoms with van der Waals surface area (Å²) in [5, 5.41) is 2.77. The minimum atomic E-state index is -3.32. The van der Waals surface area contributed by atoms with Gasteiger partial charge in [0.25, 0.3) is 5.91 Å². The van der Waals surface area contributed by atoms with E-state index >= 15 is 0 Å². The van der Waals surface area contributed by atoms with Gasteiger partial charge in [0.2, 0.25) is 10.0 Å². The number of rotatable bonds is 6. The van der Waals surface area contributed by atoms with Crippen LogP contribution in [0.3, 0.4) is 0 Å². The highest BCUT2D eigenvalue weighted by molar-refractivity contribution is 7.89. The zero-order valence-electron chi connectivity index (χ0n) is 13.0. The standard InChI is InChI=1S/C15H21FN2O4S/c1-22-10-11-23(20,21)18-8-6-12(7-9-18)17-15(19)13-4-2-3-5-14(13)16/h2-5,12H,6-11H2,1H3,(H,17,19). The van der Waals surface area contributed by atoms with E-state index < -0.39 is 21.7 Å². The van der Waals surface area contributed by atoms with E-state index in [1.54, 1.807) is 6.07 Å². The average molecular weight is 344 g/mol. The molecule has 0 saturated carbocycles. The molecule has 1 fully saturated rings. The van der Waals surface area contributed by atoms with E-state index in [0.29, 0.717) is 25.9 Å². The molecule has 23 heavy (non-hydrogen) atoms. The van der Waals surface area contributed by atoms with Crippen molar-refractivity contribution in [3.05, 3.63) is 35.6 Å². The molecule has 0 unspecified atom stereocenters. The molecule has 0 spiro atoms. The topological polar surface area (TPSA) is 75.7 Å². The Kier molecular flexibility index (Phi) is 6.09. The van der Waals surface area contributed by atoms with Crippen LogP contribution in [0.15, 0.2) is 24.3 Å². The lowest BCUT2D eigenvalue weighted by Crippen LogP contribution is -2.47. The number of carbonyl (C=O) groups is 1. The number of piperidine rings is 1. The number of hydrogen-bond donors (Lipinski definition) is 1. The van der Waals surface area contributed by atoms with Crippen molar-refractivity contribution in [1.82, 2.24) is 9.62 Å². The van der Waals surface area contributed by atoms with Gasteiger partial charge in [-0.3, -0.25) is 4.79 Å². The maximum Gasteiger partial charge on any atom is 0.254 e. The second-order valence-electron chi connectivity index (χ2n) is 5.44. The van der Waals surface area contributed by atoms with E-state index in [9.17, 15) is 17.6 Å². The van der Waals surface area contributed by atoms with Gasteiger partial charge in [-0.05, 0) is 25.0 Å². The van der Waals surface area contributed by atoms with Crippen molar-refractivity contribution in [3.63, 3.8) is 0 Å². The van der Waals surface area contributed by atoms with Crippen molar-refractivity contribution in [2.45, 2.75) is 18.9 Å². The van der Waals surface area contributed by atoms with E-state index in [2.05, 4.69) is 5.32 Å². The van der Waals surface area contributed by atoms with Crippen molar-refractivity contribution in [2.75, 3.05) is 32.6 Å². The summed E-state index contributed by atoms with van der Waals surface area (Å²) < 4.78 is 43.9. The van der Waals surface area contributed by atoms with Crippen LogP contribution < -0.4 is 5.32 Å². The van der Waals surface area contributed by atoms with Crippen LogP contribution in [0.4, 0.5) is 4.39 Å². The Labute approximate surface area is 135 Å². The third-order valence-corrected chi connectivity index (χ3v) is 5.68. The molecule has 6 nitrogen and oxygen atoms in total. The first-order valence-electron chi connectivity index (χ1n) is 7.46. The van der Waals surface area contributed by atoms with Crippen molar-refractivity contribution in [1.29, 1.82) is 0 Å². The molecule has 1 aliphatic heterocycles. The summed E-state index contributed by atoms with van der Waals surface area (Å²) in [4.78, 5) is 12.1. The molecule has 0 aromatic heterocycles. The molecule has 0 atom stereocenters. The minimum absolute atomic E-state index is 0.00245. The number of carbonyl (C=O) groups excluding carboxylic acids is 1. The fourth-order valence-corrected chi connectivity index (χ4v) is 3.91. The molecule has 0 radical (unpaired) electrons. The molecule has 8 heteroatoms. The highest BCUT2D eigenvalue weighted by atomic mass is 32.2. The monoisotopic (exact) mass is 344 g/mol. The van der Waals surface area contributed by atoms with E-state index in [4.69, 9.17) is 4.74 Å². The normalized spacial score (nSPS) is 17.1. The van der Waals surface area contributed by atoms with Crippen LogP contribution in [0.25, 0.3) is 0 Å². The molecular weight excluding hydrogens is 323 g/mol. The minimum Gasteiger partial charge on any atom is -0.384 e. The van der Waals surface area contributed by atoms with Crippen molar-refractivity contribution < 1.29 is 22.3 Å². The van der Waals surface area contributed by atoms with Crippen LogP contribution in [0, 0.1) is 5.82 Å². The summed E-state index contributed by atoms with van der Waals surface area (Å²) in [6, 6.07) is 5.63. The second kappa shape index (κ2) is 7.85. The molecule has 1 amide bonds. The Morgan fingerprint density at radius 3 is 2.61 bits per heavy atom. The number of benzene rings is 1. The Hall–Kier alpha value is -1.51. The first-order chi connectivity index (χ1) is 10.9. The van der Waals surface area contributed by atoms with Crippen LogP contribution in [-0.2, 0) is 14.8 Å². The molecule has 1 aromatic rings. The predicted molar refractivity (Wildman–Crippen MR) is 84.1 cm³/mol. The molecule has 1 saturated heterocycles. The van der Waals surface area contributed by atoms with E-state index in [1.807, 2.05) is 0 Å². The highest BCUT2D eigenvalue weighted by Gasteiger charge is 2.28. The fourth-order valence-electron chi connectivity index (χ4n) is 2.50. The Morgan fingerprint density at radius 2 is 2.00 bits per heavy atom. The molecule has 1 heterocycles. The molecular formula is C15H21FN2O4S. The Balaban J connectivity index is 1.88. The summed E-state index contributed by atoms with van der Waals surface area (Å²) in [6.45, 7) is 0.842. The third-order valence-electron chi connectivity index (χ3n) is 3.85. The number of methoxy groups -OCH3 is 1. The number of hydrogen-bond acceptors (Lipinski definition) is 4. The first kappa shape index (κ1) is 17.8. The number of ether oxygens (including phenoxy) is 1. The number of nitrogens with one attached hydrogen (secondary N) is 1. The summed E-state index contributed by atoms with van der Waals surface area (Å²) in [5.41, 5.74) is 0.00245. The average Bonchev–Trinajstić information content (AvgIpc) is 2.54. The van der Waals surface area contributed by atoms with Crippen LogP contribution in [0.5, 0.6) is 0 Å². The van der Waals surface area contributed by atoms with Gasteiger partial charge in [0.05, 0.1) is 17.9 Å². The molecule has 2 rings (SSSR count). The van der Waals surface area contributed by atoms with Gasteiger partial charge in [0, 0.05) is 26.2 Å². The third kappa shape index (κ3) is 4.73. The van der Waals surface area contributed by atoms with Gasteiger partial charge in [0.15, 0.2) is 0 Å². The SMILES string of the molecule is COCCS(=O)(=O)N1CCC(NC(=O)c2ccccc2F)CC1. The van der Waals surface area contributed by atoms with Gasteiger partial charge in [-0.15, -0.1) is 0 Å². The summed E-state index contributed by atoms with van der Waals surface area (Å²) in [5.74, 6) is -1.08. The zero-order chi connectivity index (χ0) is 16.9. The molecule has 128 valence electrons. The second-order valence-corrected chi connectivity index (χ2v) is 7.52. The van der Waals surface area contributed by atoms with Gasteiger partial charge >= 0.3 is 0 Å². The largest absolute Gasteiger partial charge is 0.384 e. The lowest BCUT2D eigenvalue weighted by molar-refractivity contribution is 0.0919. The maximum absolute atomic E-state index is 13.6. The molecule has 1 N–H and O–H groups in total. The van der Waals surface area contributed by atoms with Gasteiger partial charge < -0.3 is 10.1 Å². The van der Waals surface area contributed by atoms with Crippen LogP contribution >= 0.6 is 0 Å². The van der Waals surface area contributed by atoms with Crippen LogP contribution in [0.1, 0.15) is 23.2 Å². The molecule has 1 aliphatic rings. The maximum atomic E-state index is 13.6. The van der Waals surface area contributed by atoms with Crippen LogP contribution in [-0.4, -0.2) is 57.2 Å². The summed E-state index contributed by atoms with van der Waals surface area (Å²) in [6.07, 6.45) is 1.01. The molecule has 0 bridgehead atoms. The van der Waals surface area contributed by atoms with Gasteiger partial charge in [-0.25, -0.2) is 17.1 Å². The Morgan fingerprint density at radius 1 is 1.35 bits per heavy atom. The number of amides is 1. The smallest absolute Gasteiger partial charge is 0.254 e. The lowest BCUT2D eigenvalue weighted by atomic mass is 10.1. The highest BCUT2D eigenvalue weighted by Crippen LogP contribution is 2.15. The van der Waals surface area contributed by atoms with E-state index in [1.165, 1.54) is 29.6 Å². The van der Waals surface area contributed by atoms with Crippen molar-refractivity contribution >= 4 is 15.9 Å². The fraction of sp³-hybridized carbons (Fsp3) is 0.533. The van der Waals surface area contributed by atoms with Gasteiger partial charge in [0.1, 0.15) is 5.82 Å². The lowest BCUT2D eigenvalue weighted by Gasteiger charge is -2.31. The summed E-state index contributed by atoms with van der Waals surface area (Å²) in [7, 11) is -1.86. The Bertz CT molecular complexity index is 643. The van der Waals surface area contributed by atoms with Gasteiger partial charge in [-0.2, -0.15) is 0 Å². The van der Waals surface area contributed by atoms with Crippen molar-refractivity contribution in [3.8, 4) is 0 Å². The quantitative estimate of drug-likeness (QED) is 0.835. The first-order valence-corrected chi connectivity index (χ1v) is 9.07. The van der Waals surface area contributed by atoms with Crippen LogP contribution in [0.2, 0.25) is 0 Å². The zero-order valence-corrected chi connectivity index (χ0v) is 13.8. The summed E-state index contributed by atoms with van der Waals surface area (Å²) >= 11 is 0. The van der Waals surface area contributed by atoms with E-state index in [0.717, 1.165) is 0 Å².